The number of hydrogen-bond acceptors (Lipinski definition) is 7. The highest BCUT2D eigenvalue weighted by molar-refractivity contribution is 5.81. The molecule has 5 rings (SSSR count). The van der Waals surface area contributed by atoms with Gasteiger partial charge in [-0.25, -0.2) is 4.98 Å². The molecule has 186 valence electrons. The van der Waals surface area contributed by atoms with Crippen LogP contribution in [0.2, 0.25) is 0 Å². The fourth-order valence-corrected chi connectivity index (χ4v) is 4.28. The number of ketones is 1. The van der Waals surface area contributed by atoms with Crippen LogP contribution in [0.3, 0.4) is 0 Å². The van der Waals surface area contributed by atoms with Gasteiger partial charge in [-0.1, -0.05) is 0 Å². The molecule has 4 heterocycles. The SMILES string of the molecule is CC(=O)Cc1cc(Oc2ccc3nc(Nc4cc(N5CCC5)cn(C(C)C)c4=O)n(C)c3c2)ccn1. The van der Waals surface area contributed by atoms with Crippen molar-refractivity contribution in [1.29, 1.82) is 0 Å². The lowest BCUT2D eigenvalue weighted by molar-refractivity contribution is -0.116. The molecule has 4 aromatic rings. The second kappa shape index (κ2) is 9.49. The molecule has 1 aromatic carbocycles. The summed E-state index contributed by atoms with van der Waals surface area (Å²) in [5.41, 5.74) is 3.76. The van der Waals surface area contributed by atoms with Crippen molar-refractivity contribution in [2.45, 2.75) is 39.7 Å². The number of pyridine rings is 2. The fourth-order valence-electron chi connectivity index (χ4n) is 4.28. The second-order valence-corrected chi connectivity index (χ2v) is 9.49. The van der Waals surface area contributed by atoms with Gasteiger partial charge in [-0.2, -0.15) is 0 Å². The molecule has 0 bridgehead atoms. The largest absolute Gasteiger partial charge is 0.457 e. The van der Waals surface area contributed by atoms with Crippen LogP contribution >= 0.6 is 0 Å². The van der Waals surface area contributed by atoms with Gasteiger partial charge in [0.1, 0.15) is 23.0 Å². The van der Waals surface area contributed by atoms with Crippen LogP contribution < -0.4 is 20.5 Å². The van der Waals surface area contributed by atoms with E-state index in [9.17, 15) is 9.59 Å². The van der Waals surface area contributed by atoms with Crippen LogP contribution in [0.5, 0.6) is 11.5 Å². The minimum absolute atomic E-state index is 0.0450. The maximum Gasteiger partial charge on any atom is 0.274 e. The zero-order valence-electron chi connectivity index (χ0n) is 21.0. The quantitative estimate of drug-likeness (QED) is 0.389. The highest BCUT2D eigenvalue weighted by Crippen LogP contribution is 2.29. The first-order valence-corrected chi connectivity index (χ1v) is 12.2. The molecule has 1 N–H and O–H groups in total. The number of Topliss-reactive ketones (excluding diaryl/α,β-unsaturated/α-hetero) is 1. The smallest absolute Gasteiger partial charge is 0.274 e. The van der Waals surface area contributed by atoms with E-state index in [0.717, 1.165) is 36.2 Å². The molecule has 1 aliphatic heterocycles. The molecular formula is C27H30N6O3. The van der Waals surface area contributed by atoms with Crippen LogP contribution in [-0.4, -0.2) is 38.0 Å². The van der Waals surface area contributed by atoms with E-state index in [1.54, 1.807) is 22.9 Å². The van der Waals surface area contributed by atoms with Gasteiger partial charge in [0.2, 0.25) is 5.95 Å². The van der Waals surface area contributed by atoms with Crippen molar-refractivity contribution < 1.29 is 9.53 Å². The number of imidazole rings is 1. The molecule has 1 aliphatic rings. The van der Waals surface area contributed by atoms with Crippen molar-refractivity contribution in [1.82, 2.24) is 19.1 Å². The van der Waals surface area contributed by atoms with Gasteiger partial charge in [0, 0.05) is 57.1 Å². The number of anilines is 3. The summed E-state index contributed by atoms with van der Waals surface area (Å²) in [4.78, 5) is 35.8. The van der Waals surface area contributed by atoms with Crippen molar-refractivity contribution >= 4 is 34.1 Å². The lowest BCUT2D eigenvalue weighted by Crippen LogP contribution is -2.38. The van der Waals surface area contributed by atoms with Gasteiger partial charge in [-0.05, 0) is 51.5 Å². The molecule has 3 aromatic heterocycles. The molecule has 0 spiro atoms. The number of carbonyl (C=O) groups excluding carboxylic acids is 1. The predicted octanol–water partition coefficient (Wildman–Crippen LogP) is 4.59. The number of hydrogen-bond donors (Lipinski definition) is 1. The minimum atomic E-state index is -0.0793. The monoisotopic (exact) mass is 486 g/mol. The topological polar surface area (TPSA) is 94.3 Å². The number of carbonyl (C=O) groups is 1. The van der Waals surface area contributed by atoms with Crippen LogP contribution in [0.25, 0.3) is 11.0 Å². The van der Waals surface area contributed by atoms with Crippen LogP contribution in [0, 0.1) is 0 Å². The zero-order chi connectivity index (χ0) is 25.4. The van der Waals surface area contributed by atoms with Crippen molar-refractivity contribution in [2.24, 2.45) is 7.05 Å². The number of fused-ring (bicyclic) bond motifs is 1. The van der Waals surface area contributed by atoms with Crippen LogP contribution in [-0.2, 0) is 18.3 Å². The molecule has 0 radical (unpaired) electrons. The summed E-state index contributed by atoms with van der Waals surface area (Å²) in [6, 6.07) is 11.1. The fraction of sp³-hybridized carbons (Fsp3) is 0.333. The molecule has 36 heavy (non-hydrogen) atoms. The first-order chi connectivity index (χ1) is 17.3. The Hall–Kier alpha value is -4.14. The molecule has 0 atom stereocenters. The third-order valence-electron chi connectivity index (χ3n) is 6.36. The van der Waals surface area contributed by atoms with E-state index < -0.39 is 0 Å². The second-order valence-electron chi connectivity index (χ2n) is 9.49. The van der Waals surface area contributed by atoms with Gasteiger partial charge >= 0.3 is 0 Å². The first kappa shape index (κ1) is 23.6. The van der Waals surface area contributed by atoms with Gasteiger partial charge in [-0.3, -0.25) is 14.6 Å². The number of benzene rings is 1. The van der Waals surface area contributed by atoms with Crippen molar-refractivity contribution in [2.75, 3.05) is 23.3 Å². The van der Waals surface area contributed by atoms with Crippen molar-refractivity contribution in [3.05, 3.63) is 64.8 Å². The summed E-state index contributed by atoms with van der Waals surface area (Å²) < 4.78 is 9.71. The maximum atomic E-state index is 13.2. The van der Waals surface area contributed by atoms with Gasteiger partial charge in [0.25, 0.3) is 5.56 Å². The van der Waals surface area contributed by atoms with Gasteiger partial charge in [0.15, 0.2) is 0 Å². The number of nitrogens with zero attached hydrogens (tertiary/aromatic N) is 5. The Balaban J connectivity index is 1.44. The number of rotatable bonds is 8. The average Bonchev–Trinajstić information content (AvgIpc) is 3.09. The van der Waals surface area contributed by atoms with E-state index in [-0.39, 0.29) is 23.8 Å². The molecule has 0 unspecified atom stereocenters. The first-order valence-electron chi connectivity index (χ1n) is 12.2. The molecule has 1 saturated heterocycles. The summed E-state index contributed by atoms with van der Waals surface area (Å²) in [5, 5.41) is 3.27. The molecule has 0 saturated carbocycles. The van der Waals surface area contributed by atoms with E-state index in [1.807, 2.05) is 55.9 Å². The lowest BCUT2D eigenvalue weighted by Gasteiger charge is -2.34. The molecule has 0 amide bonds. The third kappa shape index (κ3) is 4.68. The van der Waals surface area contributed by atoms with Crippen molar-refractivity contribution in [3.8, 4) is 11.5 Å². The molecule has 0 aliphatic carbocycles. The zero-order valence-corrected chi connectivity index (χ0v) is 21.0. The number of aromatic nitrogens is 4. The average molecular weight is 487 g/mol. The lowest BCUT2D eigenvalue weighted by atomic mass is 10.2. The Morgan fingerprint density at radius 3 is 2.61 bits per heavy atom. The maximum absolute atomic E-state index is 13.2. The summed E-state index contributed by atoms with van der Waals surface area (Å²) in [6.07, 6.45) is 5.01. The van der Waals surface area contributed by atoms with E-state index in [4.69, 9.17) is 9.72 Å². The van der Waals surface area contributed by atoms with Crippen LogP contribution in [0.4, 0.5) is 17.3 Å². The summed E-state index contributed by atoms with van der Waals surface area (Å²) in [6.45, 7) is 7.55. The summed E-state index contributed by atoms with van der Waals surface area (Å²) >= 11 is 0. The molecular weight excluding hydrogens is 456 g/mol. The van der Waals surface area contributed by atoms with Gasteiger partial charge < -0.3 is 24.1 Å². The Labute approximate surface area is 209 Å². The summed E-state index contributed by atoms with van der Waals surface area (Å²) in [7, 11) is 1.90. The van der Waals surface area contributed by atoms with Gasteiger partial charge in [0.05, 0.1) is 22.4 Å². The molecule has 9 nitrogen and oxygen atoms in total. The minimum Gasteiger partial charge on any atom is -0.457 e. The normalized spacial score (nSPS) is 13.2. The number of ether oxygens (including phenoxy) is 1. The summed E-state index contributed by atoms with van der Waals surface area (Å²) in [5.74, 6) is 1.87. The van der Waals surface area contributed by atoms with E-state index >= 15 is 0 Å². The number of nitrogens with one attached hydrogen (secondary N) is 1. The van der Waals surface area contributed by atoms with Crippen LogP contribution in [0.1, 0.15) is 38.9 Å². The van der Waals surface area contributed by atoms with Crippen molar-refractivity contribution in [3.63, 3.8) is 0 Å². The Morgan fingerprint density at radius 1 is 1.14 bits per heavy atom. The van der Waals surface area contributed by atoms with E-state index in [1.165, 1.54) is 6.92 Å². The Morgan fingerprint density at radius 2 is 1.92 bits per heavy atom. The Kier molecular flexibility index (Phi) is 6.22. The van der Waals surface area contributed by atoms with E-state index in [0.29, 0.717) is 28.8 Å². The standard InChI is InChI=1S/C27H30N6O3/c1-17(2)33-16-20(32-10-5-11-32)14-24(26(33)35)30-27-29-23-7-6-21(15-25(23)31(27)4)36-22-8-9-28-19(13-22)12-18(3)34/h6-9,13-17H,5,10-12H2,1-4H3,(H,29,30). The van der Waals surface area contributed by atoms with Crippen LogP contribution in [0.15, 0.2) is 53.6 Å². The highest BCUT2D eigenvalue weighted by atomic mass is 16.5. The van der Waals surface area contributed by atoms with Gasteiger partial charge in [-0.15, -0.1) is 0 Å². The molecule has 1 fully saturated rings. The van der Waals surface area contributed by atoms with E-state index in [2.05, 4.69) is 15.2 Å². The highest BCUT2D eigenvalue weighted by Gasteiger charge is 2.19. The molecule has 9 heteroatoms. The third-order valence-corrected chi connectivity index (χ3v) is 6.36. The number of aryl methyl sites for hydroxylation is 1. The Bertz CT molecular complexity index is 1500. The predicted molar refractivity (Wildman–Crippen MR) is 141 cm³/mol.